The minimum atomic E-state index is -0.443. The number of carbonyl (C=O) groups is 2. The Kier molecular flexibility index (Phi) is 7.01. The highest BCUT2D eigenvalue weighted by molar-refractivity contribution is 5.93. The van der Waals surface area contributed by atoms with Crippen LogP contribution in [-0.4, -0.2) is 29.6 Å². The Morgan fingerprint density at radius 2 is 1.77 bits per heavy atom. The topological polar surface area (TPSA) is 60.3 Å². The summed E-state index contributed by atoms with van der Waals surface area (Å²) in [5, 5.41) is 2.92. The number of benzene rings is 2. The molecule has 0 saturated heterocycles. The molecule has 2 aromatic carbocycles. The fraction of sp³-hybridized carbons (Fsp3) is 0.250. The van der Waals surface area contributed by atoms with Gasteiger partial charge in [0.05, 0.1) is 12.2 Å². The number of hydrogen-bond donors (Lipinski definition) is 1. The third-order valence-electron chi connectivity index (χ3n) is 4.88. The summed E-state index contributed by atoms with van der Waals surface area (Å²) >= 11 is 0. The van der Waals surface area contributed by atoms with Crippen LogP contribution in [0.4, 0.5) is 4.39 Å². The van der Waals surface area contributed by atoms with Crippen LogP contribution >= 0.6 is 0 Å². The molecule has 0 spiro atoms. The summed E-state index contributed by atoms with van der Waals surface area (Å²) in [6, 6.07) is 17.6. The van der Waals surface area contributed by atoms with Gasteiger partial charge in [-0.05, 0) is 61.7 Å². The fourth-order valence-corrected chi connectivity index (χ4v) is 3.31. The molecule has 3 aromatic rings. The number of aromatic nitrogens is 1. The molecule has 5 nitrogen and oxygen atoms in total. The first-order chi connectivity index (χ1) is 14.5. The van der Waals surface area contributed by atoms with Crippen LogP contribution in [0.5, 0.6) is 0 Å². The third kappa shape index (κ3) is 5.14. The minimum Gasteiger partial charge on any atom is -0.462 e. The molecule has 0 saturated carbocycles. The van der Waals surface area contributed by atoms with Crippen LogP contribution in [0.15, 0.2) is 60.7 Å². The molecule has 156 valence electrons. The molecular formula is C24H25FN2O3. The molecule has 3 rings (SSSR count). The van der Waals surface area contributed by atoms with E-state index in [-0.39, 0.29) is 24.9 Å². The molecule has 30 heavy (non-hydrogen) atoms. The van der Waals surface area contributed by atoms with E-state index >= 15 is 0 Å². The lowest BCUT2D eigenvalue weighted by Gasteiger charge is -2.13. The van der Waals surface area contributed by atoms with Crippen LogP contribution in [0.3, 0.4) is 0 Å². The van der Waals surface area contributed by atoms with Gasteiger partial charge < -0.3 is 14.6 Å². The van der Waals surface area contributed by atoms with Crippen LogP contribution in [-0.2, 0) is 22.5 Å². The van der Waals surface area contributed by atoms with E-state index < -0.39 is 5.97 Å². The molecule has 1 amide bonds. The highest BCUT2D eigenvalue weighted by atomic mass is 19.1. The molecule has 1 heterocycles. The van der Waals surface area contributed by atoms with Crippen molar-refractivity contribution in [2.24, 2.45) is 0 Å². The Morgan fingerprint density at radius 3 is 2.43 bits per heavy atom. The van der Waals surface area contributed by atoms with Gasteiger partial charge in [0, 0.05) is 17.9 Å². The second-order valence-electron chi connectivity index (χ2n) is 6.93. The van der Waals surface area contributed by atoms with E-state index in [1.807, 2.05) is 30.3 Å². The van der Waals surface area contributed by atoms with E-state index in [2.05, 4.69) is 5.32 Å². The van der Waals surface area contributed by atoms with Crippen molar-refractivity contribution in [1.29, 1.82) is 0 Å². The standard InChI is InChI=1S/C24H25FN2O3/c1-3-30-24(29)21-15-22(19-9-11-20(25)12-10-19)27(17(21)2)16-23(28)26-14-13-18-7-5-4-6-8-18/h4-12,15H,3,13-14,16H2,1-2H3,(H,26,28). The molecule has 0 bridgehead atoms. The number of nitrogens with zero attached hydrogens (tertiary/aromatic N) is 1. The first kappa shape index (κ1) is 21.3. The highest BCUT2D eigenvalue weighted by Crippen LogP contribution is 2.27. The molecule has 0 aliphatic rings. The van der Waals surface area contributed by atoms with Crippen molar-refractivity contribution in [3.8, 4) is 11.3 Å². The zero-order valence-corrected chi connectivity index (χ0v) is 17.2. The van der Waals surface area contributed by atoms with Crippen molar-refractivity contribution in [1.82, 2.24) is 9.88 Å². The molecule has 0 aliphatic heterocycles. The molecule has 6 heteroatoms. The molecule has 1 N–H and O–H groups in total. The molecular weight excluding hydrogens is 383 g/mol. The Labute approximate surface area is 175 Å². The summed E-state index contributed by atoms with van der Waals surface area (Å²) in [7, 11) is 0. The van der Waals surface area contributed by atoms with Crippen molar-refractivity contribution >= 4 is 11.9 Å². The van der Waals surface area contributed by atoms with E-state index in [0.29, 0.717) is 29.1 Å². The Balaban J connectivity index is 1.79. The number of nitrogens with one attached hydrogen (secondary N) is 1. The first-order valence-electron chi connectivity index (χ1n) is 9.93. The highest BCUT2D eigenvalue weighted by Gasteiger charge is 2.21. The molecule has 0 atom stereocenters. The zero-order valence-electron chi connectivity index (χ0n) is 17.2. The van der Waals surface area contributed by atoms with Gasteiger partial charge in [0.25, 0.3) is 0 Å². The normalized spacial score (nSPS) is 10.6. The second kappa shape index (κ2) is 9.87. The Bertz CT molecular complexity index is 1010. The van der Waals surface area contributed by atoms with Crippen molar-refractivity contribution in [3.05, 3.63) is 83.3 Å². The number of esters is 1. The van der Waals surface area contributed by atoms with Crippen molar-refractivity contribution in [2.45, 2.75) is 26.8 Å². The van der Waals surface area contributed by atoms with Crippen LogP contribution < -0.4 is 5.32 Å². The predicted octanol–water partition coefficient (Wildman–Crippen LogP) is 4.14. The predicted molar refractivity (Wildman–Crippen MR) is 114 cm³/mol. The molecule has 0 unspecified atom stereocenters. The van der Waals surface area contributed by atoms with Crippen LogP contribution in [0.2, 0.25) is 0 Å². The molecule has 1 aromatic heterocycles. The Hall–Kier alpha value is -3.41. The number of carbonyl (C=O) groups excluding carboxylic acids is 2. The average Bonchev–Trinajstić information content (AvgIpc) is 3.06. The van der Waals surface area contributed by atoms with Gasteiger partial charge in [0.2, 0.25) is 5.91 Å². The van der Waals surface area contributed by atoms with Crippen molar-refractivity contribution < 1.29 is 18.7 Å². The average molecular weight is 408 g/mol. The largest absolute Gasteiger partial charge is 0.462 e. The maximum absolute atomic E-state index is 13.4. The van der Waals surface area contributed by atoms with Crippen molar-refractivity contribution in [3.63, 3.8) is 0 Å². The quantitative estimate of drug-likeness (QED) is 0.570. The summed E-state index contributed by atoms with van der Waals surface area (Å²) in [5.74, 6) is -0.956. The third-order valence-corrected chi connectivity index (χ3v) is 4.88. The van der Waals surface area contributed by atoms with Crippen LogP contribution in [0.1, 0.15) is 28.5 Å². The summed E-state index contributed by atoms with van der Waals surface area (Å²) in [5.41, 5.74) is 3.55. The van der Waals surface area contributed by atoms with Gasteiger partial charge in [-0.15, -0.1) is 0 Å². The number of ether oxygens (including phenoxy) is 1. The van der Waals surface area contributed by atoms with Gasteiger partial charge in [0.15, 0.2) is 0 Å². The van der Waals surface area contributed by atoms with Gasteiger partial charge >= 0.3 is 5.97 Å². The van der Waals surface area contributed by atoms with E-state index in [0.717, 1.165) is 12.0 Å². The van der Waals surface area contributed by atoms with E-state index in [9.17, 15) is 14.0 Å². The smallest absolute Gasteiger partial charge is 0.339 e. The second-order valence-corrected chi connectivity index (χ2v) is 6.93. The first-order valence-corrected chi connectivity index (χ1v) is 9.93. The van der Waals surface area contributed by atoms with Crippen molar-refractivity contribution in [2.75, 3.05) is 13.2 Å². The zero-order chi connectivity index (χ0) is 21.5. The fourth-order valence-electron chi connectivity index (χ4n) is 3.31. The van der Waals surface area contributed by atoms with E-state index in [1.165, 1.54) is 12.1 Å². The number of rotatable bonds is 8. The Morgan fingerprint density at radius 1 is 1.07 bits per heavy atom. The maximum atomic E-state index is 13.4. The monoisotopic (exact) mass is 408 g/mol. The summed E-state index contributed by atoms with van der Waals surface area (Å²) < 4.78 is 20.3. The van der Waals surface area contributed by atoms with Gasteiger partial charge in [-0.25, -0.2) is 9.18 Å². The van der Waals surface area contributed by atoms with E-state index in [4.69, 9.17) is 4.74 Å². The van der Waals surface area contributed by atoms with Crippen LogP contribution in [0.25, 0.3) is 11.3 Å². The minimum absolute atomic E-state index is 0.0484. The van der Waals surface area contributed by atoms with E-state index in [1.54, 1.807) is 36.6 Å². The lowest BCUT2D eigenvalue weighted by atomic mass is 10.1. The summed E-state index contributed by atoms with van der Waals surface area (Å²) in [4.78, 5) is 24.9. The number of hydrogen-bond acceptors (Lipinski definition) is 3. The van der Waals surface area contributed by atoms with Gasteiger partial charge in [-0.2, -0.15) is 0 Å². The number of halogens is 1. The molecule has 0 fully saturated rings. The molecule has 0 radical (unpaired) electrons. The van der Waals surface area contributed by atoms with Crippen LogP contribution in [0, 0.1) is 12.7 Å². The molecule has 0 aliphatic carbocycles. The summed E-state index contributed by atoms with van der Waals surface area (Å²) in [6.45, 7) is 4.34. The lowest BCUT2D eigenvalue weighted by molar-refractivity contribution is -0.121. The van der Waals surface area contributed by atoms with Gasteiger partial charge in [-0.1, -0.05) is 30.3 Å². The summed E-state index contributed by atoms with van der Waals surface area (Å²) in [6.07, 6.45) is 0.732. The van der Waals surface area contributed by atoms with Gasteiger partial charge in [0.1, 0.15) is 12.4 Å². The SMILES string of the molecule is CCOC(=O)c1cc(-c2ccc(F)cc2)n(CC(=O)NCCc2ccccc2)c1C. The number of amides is 1. The van der Waals surface area contributed by atoms with Gasteiger partial charge in [-0.3, -0.25) is 4.79 Å². The lowest BCUT2D eigenvalue weighted by Crippen LogP contribution is -2.30. The maximum Gasteiger partial charge on any atom is 0.339 e.